The van der Waals surface area contributed by atoms with Crippen LogP contribution in [-0.4, -0.2) is 52.0 Å². The summed E-state index contributed by atoms with van der Waals surface area (Å²) in [5.74, 6) is 1.33. The molecule has 0 amide bonds. The van der Waals surface area contributed by atoms with Gasteiger partial charge in [-0.05, 0) is 200 Å². The van der Waals surface area contributed by atoms with Crippen LogP contribution in [0.1, 0.15) is 34.7 Å². The monoisotopic (exact) mass is 781 g/mol. The fraction of sp³-hybridized carbons (Fsp3) is 0.228. The highest BCUT2D eigenvalue weighted by molar-refractivity contribution is 6.63. The third kappa shape index (κ3) is 2.66. The molecule has 3 unspecified atom stereocenters. The molecule has 0 bridgehead atoms. The summed E-state index contributed by atoms with van der Waals surface area (Å²) in [5.41, 5.74) is 9.57. The Morgan fingerprint density at radius 3 is 1.98 bits per heavy atom. The number of methoxy groups -OCH3 is 2. The quantitative estimate of drug-likeness (QED) is 0.113. The van der Waals surface area contributed by atoms with Crippen molar-refractivity contribution in [2.75, 3.05) is 47.1 Å². The Morgan fingerprint density at radius 2 is 1.21 bits per heavy atom. The van der Waals surface area contributed by atoms with Crippen molar-refractivity contribution in [3.05, 3.63) is 99.4 Å². The largest absolute Gasteiger partial charge is 0.496 e. The molecule has 5 aliphatic rings. The smallest absolute Gasteiger partial charge is 0.126 e. The minimum Gasteiger partial charge on any atom is -0.496 e. The Kier molecular flexibility index (Phi) is 4.42. The highest BCUT2D eigenvalue weighted by atomic mass is 16.5. The summed E-state index contributed by atoms with van der Waals surface area (Å²) in [6.45, 7) is 3.84. The molecule has 1 spiro atoms. The fourth-order valence-corrected chi connectivity index (χ4v) is 16.9. The lowest BCUT2D eigenvalue weighted by molar-refractivity contribution is 0.0526. The first-order chi connectivity index (χ1) is 30.2. The highest BCUT2D eigenvalue weighted by Crippen LogP contribution is 2.70. The van der Waals surface area contributed by atoms with E-state index in [-0.39, 0.29) is 11.5 Å². The molecule has 61 heavy (non-hydrogen) atoms. The number of likely N-dealkylation sites (tertiary alicyclic amines) is 1. The second-order valence-corrected chi connectivity index (χ2v) is 20.1. The van der Waals surface area contributed by atoms with E-state index in [1.54, 1.807) is 132 Å². The summed E-state index contributed by atoms with van der Waals surface area (Å²) in [4.78, 5) is 2.88. The molecular weight excluding hydrogens is 747 g/mol. The molecule has 4 nitrogen and oxygen atoms in total. The first kappa shape index (κ1) is 30.1. The number of hydrogen-bond donors (Lipinski definition) is 0. The minimum atomic E-state index is -0.136. The van der Waals surface area contributed by atoms with Crippen LogP contribution >= 0.6 is 0 Å². The predicted molar refractivity (Wildman–Crippen MR) is 250 cm³/mol. The predicted octanol–water partition coefficient (Wildman–Crippen LogP) is 10.9. The Hall–Kier alpha value is -6.04. The third-order valence-corrected chi connectivity index (χ3v) is 18.3. The van der Waals surface area contributed by atoms with Crippen molar-refractivity contribution in [1.82, 2.24) is 4.90 Å². The van der Waals surface area contributed by atoms with E-state index in [9.17, 15) is 0 Å². The molecule has 1 heterocycles. The molecule has 4 heteroatoms. The molecule has 4 aliphatic carbocycles. The molecule has 1 fully saturated rings. The van der Waals surface area contributed by atoms with Crippen LogP contribution in [0.2, 0.25) is 0 Å². The SMILES string of the molecule is COCCOCCN1CC2C3=c4c5c6c7c(cc8cc9cc%10cc%11cc%12c%13c(c4c4c5c5c7c8c7c9c%10c8c%11c%13c4c8c75)=C(C3)C%12)CC62C1c1cccc2c(OC)cccc12. The van der Waals surface area contributed by atoms with Crippen molar-refractivity contribution >= 4 is 140 Å². The number of fused-ring (bicyclic) bond motifs is 2. The van der Waals surface area contributed by atoms with Gasteiger partial charge in [0.15, 0.2) is 0 Å². The molecule has 3 atom stereocenters. The van der Waals surface area contributed by atoms with Gasteiger partial charge in [-0.2, -0.15) is 0 Å². The van der Waals surface area contributed by atoms with Gasteiger partial charge in [-0.25, -0.2) is 0 Å². The second-order valence-electron chi connectivity index (χ2n) is 20.1. The molecule has 0 N–H and O–H groups in total. The topological polar surface area (TPSA) is 30.9 Å². The van der Waals surface area contributed by atoms with Gasteiger partial charge in [-0.3, -0.25) is 4.90 Å². The Morgan fingerprint density at radius 1 is 0.574 bits per heavy atom. The Labute approximate surface area is 347 Å². The molecule has 0 radical (unpaired) electrons. The Balaban J connectivity index is 1.07. The van der Waals surface area contributed by atoms with Crippen LogP contribution < -0.4 is 15.2 Å². The van der Waals surface area contributed by atoms with Crippen molar-refractivity contribution in [3.8, 4) is 5.75 Å². The average molecular weight is 782 g/mol. The lowest BCUT2D eigenvalue weighted by Gasteiger charge is -2.43. The number of benzene rings is 10. The molecule has 1 aliphatic heterocycles. The zero-order valence-electron chi connectivity index (χ0n) is 33.8. The summed E-state index contributed by atoms with van der Waals surface area (Å²) >= 11 is 0. The zero-order valence-corrected chi connectivity index (χ0v) is 33.8. The summed E-state index contributed by atoms with van der Waals surface area (Å²) in [6.07, 6.45) is 3.23. The molecule has 1 saturated heterocycles. The maximum absolute atomic E-state index is 6.37. The lowest BCUT2D eigenvalue weighted by Crippen LogP contribution is -2.44. The second kappa shape index (κ2) is 8.96. The molecule has 14 aromatic carbocycles. The van der Waals surface area contributed by atoms with Gasteiger partial charge in [0.2, 0.25) is 0 Å². The fourth-order valence-electron chi connectivity index (χ4n) is 16.9. The first-order valence-electron chi connectivity index (χ1n) is 22.6. The summed E-state index contributed by atoms with van der Waals surface area (Å²) in [7, 11) is 3.59. The van der Waals surface area contributed by atoms with Crippen molar-refractivity contribution in [1.29, 1.82) is 0 Å². The third-order valence-electron chi connectivity index (χ3n) is 18.3. The van der Waals surface area contributed by atoms with Crippen LogP contribution in [0.25, 0.3) is 140 Å². The number of nitrogens with zero attached hydrogens (tertiary/aromatic N) is 1. The van der Waals surface area contributed by atoms with Crippen LogP contribution in [-0.2, 0) is 27.7 Å². The maximum Gasteiger partial charge on any atom is 0.126 e. The molecule has 0 aromatic heterocycles. The van der Waals surface area contributed by atoms with E-state index in [0.717, 1.165) is 38.1 Å². The van der Waals surface area contributed by atoms with Crippen molar-refractivity contribution < 1.29 is 14.2 Å². The van der Waals surface area contributed by atoms with Crippen LogP contribution in [0.15, 0.2) is 66.7 Å². The van der Waals surface area contributed by atoms with E-state index in [1.807, 2.05) is 7.11 Å². The van der Waals surface area contributed by atoms with Gasteiger partial charge < -0.3 is 14.2 Å². The van der Waals surface area contributed by atoms with Gasteiger partial charge in [-0.1, -0.05) is 53.6 Å². The maximum atomic E-state index is 6.37. The molecule has 286 valence electrons. The van der Waals surface area contributed by atoms with E-state index in [2.05, 4.69) is 71.6 Å². The Bertz CT molecular complexity index is 4480. The molecule has 19 rings (SSSR count). The number of ether oxygens (including phenoxy) is 3. The minimum absolute atomic E-state index is 0.136. The molecular formula is C57H35NO3. The van der Waals surface area contributed by atoms with E-state index >= 15 is 0 Å². The van der Waals surface area contributed by atoms with Crippen molar-refractivity contribution in [2.24, 2.45) is 5.92 Å². The van der Waals surface area contributed by atoms with Gasteiger partial charge in [0.25, 0.3) is 0 Å². The average Bonchev–Trinajstić information content (AvgIpc) is 4.14. The van der Waals surface area contributed by atoms with Gasteiger partial charge in [0.05, 0.1) is 26.9 Å². The van der Waals surface area contributed by atoms with Crippen LogP contribution in [0, 0.1) is 5.92 Å². The van der Waals surface area contributed by atoms with Crippen LogP contribution in [0.4, 0.5) is 0 Å². The van der Waals surface area contributed by atoms with E-state index in [1.165, 1.54) is 48.7 Å². The molecule has 0 saturated carbocycles. The van der Waals surface area contributed by atoms with E-state index < -0.39 is 0 Å². The van der Waals surface area contributed by atoms with Gasteiger partial charge in [0.1, 0.15) is 5.75 Å². The number of hydrogen-bond acceptors (Lipinski definition) is 4. The standard InChI is InChI=1S/C57H35NO3/c1-59-11-12-61-10-9-58-21-33-32-19-27-17-24-15-25-14-22-13-23-16-26-18-28-20-57(33,56(58)31-7-3-6-30-29(31)5-4-8-34(30)60-2)55-41(28)46-40(26)45-36(23)35(22)43-39(25)44-37(24)38(27)47-42(32)54(55)53-51(46)49(45)48(43)50(44)52(47)53/h3-8,13-16,18,33,56H,9-12,17,19-21H2,1-2H3. The summed E-state index contributed by atoms with van der Waals surface area (Å²) in [6, 6.07) is 27.0. The van der Waals surface area contributed by atoms with Gasteiger partial charge in [-0.15, -0.1) is 0 Å². The van der Waals surface area contributed by atoms with E-state index in [0.29, 0.717) is 25.7 Å². The summed E-state index contributed by atoms with van der Waals surface area (Å²) in [5, 5.41) is 40.2. The van der Waals surface area contributed by atoms with Crippen LogP contribution in [0.5, 0.6) is 5.75 Å². The number of rotatable bonds is 8. The van der Waals surface area contributed by atoms with E-state index in [4.69, 9.17) is 14.2 Å². The van der Waals surface area contributed by atoms with Crippen molar-refractivity contribution in [2.45, 2.75) is 30.7 Å². The van der Waals surface area contributed by atoms with Crippen molar-refractivity contribution in [3.63, 3.8) is 0 Å². The normalized spacial score (nSPS) is 22.3. The van der Waals surface area contributed by atoms with Crippen LogP contribution in [0.3, 0.4) is 0 Å². The first-order valence-corrected chi connectivity index (χ1v) is 22.6. The zero-order chi connectivity index (χ0) is 38.8. The van der Waals surface area contributed by atoms with Gasteiger partial charge >= 0.3 is 0 Å². The molecule has 14 aromatic rings. The summed E-state index contributed by atoms with van der Waals surface area (Å²) < 4.78 is 17.9. The highest BCUT2D eigenvalue weighted by Gasteiger charge is 2.62. The van der Waals surface area contributed by atoms with Gasteiger partial charge in [0, 0.05) is 43.0 Å². The lowest BCUT2D eigenvalue weighted by atomic mass is 9.59.